The lowest BCUT2D eigenvalue weighted by Gasteiger charge is -2.13. The molecule has 0 N–H and O–H groups in total. The second kappa shape index (κ2) is 8.15. The van der Waals surface area contributed by atoms with Crippen molar-refractivity contribution in [1.29, 1.82) is 0 Å². The van der Waals surface area contributed by atoms with Crippen molar-refractivity contribution in [2.45, 2.75) is 26.4 Å². The predicted molar refractivity (Wildman–Crippen MR) is 76.0 cm³/mol. The molecule has 0 aliphatic heterocycles. The Morgan fingerprint density at radius 2 is 2.00 bits per heavy atom. The molecule has 90 valence electrons. The van der Waals surface area contributed by atoms with E-state index in [4.69, 9.17) is 4.74 Å². The van der Waals surface area contributed by atoms with Crippen LogP contribution < -0.4 is 0 Å². The molecule has 0 amide bonds. The van der Waals surface area contributed by atoms with Crippen LogP contribution in [0.4, 0.5) is 0 Å². The van der Waals surface area contributed by atoms with E-state index in [1.165, 1.54) is 18.4 Å². The van der Waals surface area contributed by atoms with E-state index in [-0.39, 0.29) is 0 Å². The van der Waals surface area contributed by atoms with Crippen molar-refractivity contribution in [1.82, 2.24) is 0 Å². The van der Waals surface area contributed by atoms with Crippen molar-refractivity contribution in [3.8, 4) is 0 Å². The molecule has 0 aliphatic carbocycles. The average molecular weight is 303 g/mol. The van der Waals surface area contributed by atoms with Gasteiger partial charge in [0.25, 0.3) is 0 Å². The fraction of sp³-hybridized carbons (Fsp3) is 0.538. The van der Waals surface area contributed by atoms with E-state index in [1.54, 1.807) is 0 Å². The van der Waals surface area contributed by atoms with E-state index < -0.39 is 0 Å². The highest BCUT2D eigenvalue weighted by Gasteiger charge is 2.05. The van der Waals surface area contributed by atoms with Gasteiger partial charge in [0.05, 0.1) is 13.2 Å². The summed E-state index contributed by atoms with van der Waals surface area (Å²) in [7, 11) is 0. The molecule has 0 spiro atoms. The summed E-state index contributed by atoms with van der Waals surface area (Å²) >= 11 is 7.75. The van der Waals surface area contributed by atoms with Gasteiger partial charge in [-0.05, 0) is 35.8 Å². The van der Waals surface area contributed by atoms with Gasteiger partial charge in [-0.25, -0.2) is 0 Å². The Bertz CT molecular complexity index is 286. The van der Waals surface area contributed by atoms with Crippen molar-refractivity contribution in [3.63, 3.8) is 0 Å². The Labute approximate surface area is 112 Å². The van der Waals surface area contributed by atoms with Gasteiger partial charge in [0.2, 0.25) is 0 Å². The lowest BCUT2D eigenvalue weighted by molar-refractivity contribution is 0.0908. The first-order valence-electron chi connectivity index (χ1n) is 5.69. The lowest BCUT2D eigenvalue weighted by atomic mass is 10.1. The molecule has 0 heterocycles. The topological polar surface area (TPSA) is 9.23 Å². The first-order chi connectivity index (χ1) is 7.76. The maximum atomic E-state index is 5.70. The van der Waals surface area contributed by atoms with Crippen LogP contribution in [0.5, 0.6) is 0 Å². The smallest absolute Gasteiger partial charge is 0.0717 e. The van der Waals surface area contributed by atoms with Gasteiger partial charge in [-0.3, -0.25) is 0 Å². The molecule has 0 bridgehead atoms. The lowest BCUT2D eigenvalue weighted by Crippen LogP contribution is -2.11. The molecule has 0 radical (unpaired) electrons. The van der Waals surface area contributed by atoms with Crippen molar-refractivity contribution in [3.05, 3.63) is 34.3 Å². The summed E-state index contributed by atoms with van der Waals surface area (Å²) in [5.41, 5.74) is 1.22. The van der Waals surface area contributed by atoms with Gasteiger partial charge in [0, 0.05) is 4.47 Å². The van der Waals surface area contributed by atoms with Crippen LogP contribution in [0.15, 0.2) is 28.7 Å². The van der Waals surface area contributed by atoms with Crippen LogP contribution in [0.2, 0.25) is 0 Å². The number of benzene rings is 1. The van der Waals surface area contributed by atoms with Crippen LogP contribution in [0.25, 0.3) is 0 Å². The molecule has 0 aromatic heterocycles. The third-order valence-electron chi connectivity index (χ3n) is 2.49. The van der Waals surface area contributed by atoms with Gasteiger partial charge < -0.3 is 4.74 Å². The predicted octanol–water partition coefficient (Wildman–Crippen LogP) is 4.31. The van der Waals surface area contributed by atoms with Gasteiger partial charge in [0.1, 0.15) is 0 Å². The molecule has 16 heavy (non-hydrogen) atoms. The van der Waals surface area contributed by atoms with Gasteiger partial charge >= 0.3 is 0 Å². The van der Waals surface area contributed by atoms with Gasteiger partial charge in [-0.1, -0.05) is 41.4 Å². The van der Waals surface area contributed by atoms with Crippen LogP contribution in [-0.2, 0) is 11.3 Å². The Balaban J connectivity index is 2.26. The van der Waals surface area contributed by atoms with E-state index in [2.05, 4.69) is 47.6 Å². The largest absolute Gasteiger partial charge is 0.376 e. The van der Waals surface area contributed by atoms with E-state index in [1.807, 2.05) is 12.1 Å². The second-order valence-electron chi connectivity index (χ2n) is 3.98. The van der Waals surface area contributed by atoms with E-state index in [0.29, 0.717) is 12.5 Å². The minimum absolute atomic E-state index is 0.587. The molecule has 1 nitrogen and oxygen atoms in total. The molecule has 1 atom stereocenters. The van der Waals surface area contributed by atoms with Crippen LogP contribution in [0.3, 0.4) is 0 Å². The quantitative estimate of drug-likeness (QED) is 0.738. The van der Waals surface area contributed by atoms with E-state index >= 15 is 0 Å². The normalized spacial score (nSPS) is 12.7. The zero-order valence-corrected chi connectivity index (χ0v) is 12.1. The van der Waals surface area contributed by atoms with Gasteiger partial charge in [-0.15, -0.1) is 0 Å². The zero-order chi connectivity index (χ0) is 11.8. The highest BCUT2D eigenvalue weighted by molar-refractivity contribution is 9.10. The molecule has 0 aliphatic rings. The Hall–Kier alpha value is 0.01000. The third kappa shape index (κ3) is 5.37. The highest BCUT2D eigenvalue weighted by Crippen LogP contribution is 2.13. The average Bonchev–Trinajstić information content (AvgIpc) is 2.30. The molecule has 1 aromatic carbocycles. The first kappa shape index (κ1) is 14.1. The van der Waals surface area contributed by atoms with Crippen LogP contribution >= 0.6 is 28.6 Å². The van der Waals surface area contributed by atoms with Crippen LogP contribution in [-0.4, -0.2) is 12.4 Å². The molecule has 1 rings (SSSR count). The molecule has 1 unspecified atom stereocenters. The van der Waals surface area contributed by atoms with Gasteiger partial charge in [0.15, 0.2) is 0 Å². The highest BCUT2D eigenvalue weighted by atomic mass is 79.9. The number of hydrogen-bond donors (Lipinski definition) is 1. The maximum Gasteiger partial charge on any atom is 0.0717 e. The number of halogens is 1. The fourth-order valence-electron chi connectivity index (χ4n) is 1.56. The number of hydrogen-bond acceptors (Lipinski definition) is 2. The standard InChI is InChI=1S/C13H19BrOS/c1-2-3-12(10-16)9-15-8-11-4-6-13(14)7-5-11/h4-7,12,16H,2-3,8-10H2,1H3. The van der Waals surface area contributed by atoms with Crippen LogP contribution in [0.1, 0.15) is 25.3 Å². The molecular weight excluding hydrogens is 284 g/mol. The second-order valence-corrected chi connectivity index (χ2v) is 5.26. The summed E-state index contributed by atoms with van der Waals surface area (Å²) in [4.78, 5) is 0. The fourth-order valence-corrected chi connectivity index (χ4v) is 2.11. The van der Waals surface area contributed by atoms with Crippen LogP contribution in [0, 0.1) is 5.92 Å². The van der Waals surface area contributed by atoms with E-state index in [9.17, 15) is 0 Å². The molecule has 3 heteroatoms. The van der Waals surface area contributed by atoms with E-state index in [0.717, 1.165) is 16.8 Å². The van der Waals surface area contributed by atoms with Crippen molar-refractivity contribution < 1.29 is 4.74 Å². The summed E-state index contributed by atoms with van der Waals surface area (Å²) < 4.78 is 6.81. The number of thiol groups is 1. The molecular formula is C13H19BrOS. The maximum absolute atomic E-state index is 5.70. The molecule has 0 saturated heterocycles. The zero-order valence-electron chi connectivity index (χ0n) is 9.66. The molecule has 0 saturated carbocycles. The van der Waals surface area contributed by atoms with Gasteiger partial charge in [-0.2, -0.15) is 12.6 Å². The summed E-state index contributed by atoms with van der Waals surface area (Å²) in [5, 5.41) is 0. The number of rotatable bonds is 7. The Kier molecular flexibility index (Phi) is 7.17. The summed E-state index contributed by atoms with van der Waals surface area (Å²) in [5.74, 6) is 1.50. The summed E-state index contributed by atoms with van der Waals surface area (Å²) in [6, 6.07) is 8.25. The van der Waals surface area contributed by atoms with Crippen molar-refractivity contribution in [2.75, 3.05) is 12.4 Å². The van der Waals surface area contributed by atoms with Crippen molar-refractivity contribution >= 4 is 28.6 Å². The Morgan fingerprint density at radius 3 is 2.56 bits per heavy atom. The minimum Gasteiger partial charge on any atom is -0.376 e. The monoisotopic (exact) mass is 302 g/mol. The summed E-state index contributed by atoms with van der Waals surface area (Å²) in [6.07, 6.45) is 2.40. The summed E-state index contributed by atoms with van der Waals surface area (Å²) in [6.45, 7) is 3.71. The Morgan fingerprint density at radius 1 is 1.31 bits per heavy atom. The minimum atomic E-state index is 0.587. The third-order valence-corrected chi connectivity index (χ3v) is 3.54. The molecule has 0 fully saturated rings. The number of ether oxygens (including phenoxy) is 1. The van der Waals surface area contributed by atoms with Crippen molar-refractivity contribution in [2.24, 2.45) is 5.92 Å². The SMILES string of the molecule is CCCC(CS)COCc1ccc(Br)cc1. The molecule has 1 aromatic rings. The first-order valence-corrected chi connectivity index (χ1v) is 7.11.